The van der Waals surface area contributed by atoms with E-state index in [1.807, 2.05) is 0 Å². The molecule has 17 heavy (non-hydrogen) atoms. The van der Waals surface area contributed by atoms with Crippen molar-refractivity contribution in [3.63, 3.8) is 0 Å². The molecule has 2 heterocycles. The molecule has 2 aliphatic rings. The number of likely N-dealkylation sites (tertiary alicyclic amines) is 1. The Morgan fingerprint density at radius 1 is 1.47 bits per heavy atom. The molecule has 1 amide bonds. The first kappa shape index (κ1) is 12.8. The summed E-state index contributed by atoms with van der Waals surface area (Å²) < 4.78 is 0. The molecule has 4 heteroatoms. The predicted molar refractivity (Wildman–Crippen MR) is 68.9 cm³/mol. The average molecular weight is 239 g/mol. The summed E-state index contributed by atoms with van der Waals surface area (Å²) >= 11 is 0. The molecule has 0 aromatic carbocycles. The van der Waals surface area contributed by atoms with Gasteiger partial charge in [0.1, 0.15) is 0 Å². The Balaban J connectivity index is 1.71. The first-order valence-corrected chi connectivity index (χ1v) is 6.85. The molecular weight excluding hydrogens is 214 g/mol. The molecule has 0 bridgehead atoms. The van der Waals surface area contributed by atoms with Crippen LogP contribution >= 0.6 is 0 Å². The van der Waals surface area contributed by atoms with Gasteiger partial charge in [-0.1, -0.05) is 0 Å². The zero-order valence-corrected chi connectivity index (χ0v) is 11.0. The van der Waals surface area contributed by atoms with E-state index < -0.39 is 0 Å². The second-order valence-corrected chi connectivity index (χ2v) is 5.68. The molecule has 0 aliphatic carbocycles. The van der Waals surface area contributed by atoms with E-state index in [9.17, 15) is 4.79 Å². The van der Waals surface area contributed by atoms with Crippen molar-refractivity contribution in [1.82, 2.24) is 15.5 Å². The van der Waals surface area contributed by atoms with Crippen molar-refractivity contribution in [2.75, 3.05) is 26.7 Å². The Bertz CT molecular complexity index is 263. The molecular formula is C13H25N3O. The highest BCUT2D eigenvalue weighted by atomic mass is 16.1. The summed E-state index contributed by atoms with van der Waals surface area (Å²) in [5, 5.41) is 6.51. The number of rotatable bonds is 3. The first-order chi connectivity index (χ1) is 8.15. The van der Waals surface area contributed by atoms with Crippen LogP contribution in [-0.2, 0) is 4.79 Å². The summed E-state index contributed by atoms with van der Waals surface area (Å²) in [5.41, 5.74) is 0. The van der Waals surface area contributed by atoms with Gasteiger partial charge in [0.15, 0.2) is 0 Å². The molecule has 4 nitrogen and oxygen atoms in total. The van der Waals surface area contributed by atoms with Gasteiger partial charge in [-0.2, -0.15) is 0 Å². The van der Waals surface area contributed by atoms with Crippen molar-refractivity contribution in [2.24, 2.45) is 5.92 Å². The smallest absolute Gasteiger partial charge is 0.220 e. The molecule has 0 radical (unpaired) electrons. The number of amides is 1. The molecule has 2 saturated heterocycles. The van der Waals surface area contributed by atoms with Gasteiger partial charge in [0, 0.05) is 25.0 Å². The highest BCUT2D eigenvalue weighted by Gasteiger charge is 2.25. The van der Waals surface area contributed by atoms with E-state index in [2.05, 4.69) is 29.5 Å². The summed E-state index contributed by atoms with van der Waals surface area (Å²) in [6.07, 6.45) is 4.03. The Morgan fingerprint density at radius 3 is 2.94 bits per heavy atom. The Labute approximate surface area is 104 Å². The molecule has 0 saturated carbocycles. The number of nitrogens with one attached hydrogen (secondary N) is 2. The van der Waals surface area contributed by atoms with Crippen LogP contribution in [0, 0.1) is 5.92 Å². The second-order valence-electron chi connectivity index (χ2n) is 5.68. The van der Waals surface area contributed by atoms with Crippen LogP contribution in [-0.4, -0.2) is 49.6 Å². The topological polar surface area (TPSA) is 44.4 Å². The number of piperidine rings is 1. The van der Waals surface area contributed by atoms with Gasteiger partial charge in [0.2, 0.25) is 5.91 Å². The average Bonchev–Trinajstić information content (AvgIpc) is 2.76. The SMILES string of the molecule is CC1CC(NC(=O)CC2CCNC2)CCN1C. The van der Waals surface area contributed by atoms with E-state index in [1.54, 1.807) is 0 Å². The van der Waals surface area contributed by atoms with E-state index in [1.165, 1.54) is 0 Å². The number of hydrogen-bond donors (Lipinski definition) is 2. The summed E-state index contributed by atoms with van der Waals surface area (Å²) in [6.45, 7) is 5.41. The van der Waals surface area contributed by atoms with Gasteiger partial charge >= 0.3 is 0 Å². The fourth-order valence-corrected chi connectivity index (χ4v) is 2.86. The minimum absolute atomic E-state index is 0.250. The number of nitrogens with zero attached hydrogens (tertiary/aromatic N) is 1. The summed E-state index contributed by atoms with van der Waals surface area (Å²) in [6, 6.07) is 0.977. The third-order valence-corrected chi connectivity index (χ3v) is 4.21. The van der Waals surface area contributed by atoms with E-state index in [0.29, 0.717) is 24.4 Å². The maximum absolute atomic E-state index is 11.9. The van der Waals surface area contributed by atoms with Crippen molar-refractivity contribution in [3.05, 3.63) is 0 Å². The molecule has 98 valence electrons. The Hall–Kier alpha value is -0.610. The highest BCUT2D eigenvalue weighted by Crippen LogP contribution is 2.17. The van der Waals surface area contributed by atoms with Crippen LogP contribution in [0.3, 0.4) is 0 Å². The molecule has 2 fully saturated rings. The highest BCUT2D eigenvalue weighted by molar-refractivity contribution is 5.76. The normalized spacial score (nSPS) is 34.8. The van der Waals surface area contributed by atoms with Gasteiger partial charge in [0.05, 0.1) is 0 Å². The van der Waals surface area contributed by atoms with Crippen LogP contribution < -0.4 is 10.6 Å². The summed E-state index contributed by atoms with van der Waals surface area (Å²) in [5.74, 6) is 0.805. The number of carbonyl (C=O) groups excluding carboxylic acids is 1. The van der Waals surface area contributed by atoms with Crippen LogP contribution in [0.5, 0.6) is 0 Å². The standard InChI is InChI=1S/C13H25N3O/c1-10-7-12(4-6-16(10)2)15-13(17)8-11-3-5-14-9-11/h10-12,14H,3-9H2,1-2H3,(H,15,17). The van der Waals surface area contributed by atoms with Crippen molar-refractivity contribution >= 4 is 5.91 Å². The second kappa shape index (κ2) is 5.83. The van der Waals surface area contributed by atoms with Gasteiger partial charge in [-0.05, 0) is 52.2 Å². The van der Waals surface area contributed by atoms with Gasteiger partial charge in [-0.15, -0.1) is 0 Å². The fourth-order valence-electron chi connectivity index (χ4n) is 2.86. The van der Waals surface area contributed by atoms with Crippen molar-refractivity contribution in [3.8, 4) is 0 Å². The van der Waals surface area contributed by atoms with Gasteiger partial charge in [-0.25, -0.2) is 0 Å². The molecule has 0 aromatic rings. The maximum Gasteiger partial charge on any atom is 0.220 e. The van der Waals surface area contributed by atoms with E-state index >= 15 is 0 Å². The van der Waals surface area contributed by atoms with Crippen molar-refractivity contribution in [2.45, 2.75) is 44.7 Å². The lowest BCUT2D eigenvalue weighted by atomic mass is 9.98. The lowest BCUT2D eigenvalue weighted by molar-refractivity contribution is -0.123. The molecule has 2 rings (SSSR count). The van der Waals surface area contributed by atoms with Crippen molar-refractivity contribution < 1.29 is 4.79 Å². The van der Waals surface area contributed by atoms with Crippen molar-refractivity contribution in [1.29, 1.82) is 0 Å². The molecule has 2 aliphatic heterocycles. The molecule has 3 unspecified atom stereocenters. The third kappa shape index (κ3) is 3.68. The number of carbonyl (C=O) groups is 1. The van der Waals surface area contributed by atoms with Gasteiger partial charge in [-0.3, -0.25) is 4.79 Å². The molecule has 0 spiro atoms. The van der Waals surface area contributed by atoms with Crippen LogP contribution in [0.2, 0.25) is 0 Å². The molecule has 0 aromatic heterocycles. The Morgan fingerprint density at radius 2 is 2.29 bits per heavy atom. The van der Waals surface area contributed by atoms with E-state index in [-0.39, 0.29) is 5.91 Å². The van der Waals surface area contributed by atoms with Crippen LogP contribution in [0.4, 0.5) is 0 Å². The monoisotopic (exact) mass is 239 g/mol. The zero-order chi connectivity index (χ0) is 12.3. The van der Waals surface area contributed by atoms with Crippen LogP contribution in [0.25, 0.3) is 0 Å². The summed E-state index contributed by atoms with van der Waals surface area (Å²) in [4.78, 5) is 14.3. The van der Waals surface area contributed by atoms with Crippen LogP contribution in [0.1, 0.15) is 32.6 Å². The quantitative estimate of drug-likeness (QED) is 0.757. The van der Waals surface area contributed by atoms with Crippen LogP contribution in [0.15, 0.2) is 0 Å². The fraction of sp³-hybridized carbons (Fsp3) is 0.923. The van der Waals surface area contributed by atoms with E-state index in [0.717, 1.165) is 38.9 Å². The Kier molecular flexibility index (Phi) is 4.40. The largest absolute Gasteiger partial charge is 0.353 e. The molecule has 3 atom stereocenters. The number of hydrogen-bond acceptors (Lipinski definition) is 3. The summed E-state index contributed by atoms with van der Waals surface area (Å²) in [7, 11) is 2.16. The lowest BCUT2D eigenvalue weighted by Gasteiger charge is -2.35. The lowest BCUT2D eigenvalue weighted by Crippen LogP contribution is -2.47. The minimum atomic E-state index is 0.250. The minimum Gasteiger partial charge on any atom is -0.353 e. The van der Waals surface area contributed by atoms with Gasteiger partial charge in [0.25, 0.3) is 0 Å². The zero-order valence-electron chi connectivity index (χ0n) is 11.0. The van der Waals surface area contributed by atoms with E-state index in [4.69, 9.17) is 0 Å². The molecule has 2 N–H and O–H groups in total. The third-order valence-electron chi connectivity index (χ3n) is 4.21. The van der Waals surface area contributed by atoms with Gasteiger partial charge < -0.3 is 15.5 Å². The predicted octanol–water partition coefficient (Wildman–Crippen LogP) is 0.585. The first-order valence-electron chi connectivity index (χ1n) is 6.85. The maximum atomic E-state index is 11.9.